The second-order valence-corrected chi connectivity index (χ2v) is 5.20. The average molecular weight is 301 g/mol. The van der Waals surface area contributed by atoms with E-state index in [1.54, 1.807) is 0 Å². The zero-order valence-electron chi connectivity index (χ0n) is 12.5. The van der Waals surface area contributed by atoms with E-state index < -0.39 is 0 Å². The molecule has 0 atom stereocenters. The Kier molecular flexibility index (Phi) is 4.39. The van der Waals surface area contributed by atoms with Crippen molar-refractivity contribution in [2.45, 2.75) is 13.3 Å². The normalized spacial score (nSPS) is 14.9. The average Bonchev–Trinajstić information content (AvgIpc) is 2.94. The minimum atomic E-state index is -0.111. The van der Waals surface area contributed by atoms with Crippen LogP contribution in [0.3, 0.4) is 0 Å². The SMILES string of the molecule is Cc1ncoc1CC(=O)Nc1ccccc1N1CCOCC1. The third-order valence-electron chi connectivity index (χ3n) is 3.70. The predicted molar refractivity (Wildman–Crippen MR) is 83.0 cm³/mol. The number of amides is 1. The fourth-order valence-corrected chi connectivity index (χ4v) is 2.50. The third kappa shape index (κ3) is 3.28. The molecule has 6 nitrogen and oxygen atoms in total. The van der Waals surface area contributed by atoms with Crippen LogP contribution in [0.4, 0.5) is 11.4 Å². The van der Waals surface area contributed by atoms with Crippen molar-refractivity contribution in [3.8, 4) is 0 Å². The van der Waals surface area contributed by atoms with Crippen molar-refractivity contribution in [2.24, 2.45) is 0 Å². The van der Waals surface area contributed by atoms with Gasteiger partial charge in [-0.15, -0.1) is 0 Å². The second kappa shape index (κ2) is 6.62. The maximum atomic E-state index is 12.2. The summed E-state index contributed by atoms with van der Waals surface area (Å²) in [7, 11) is 0. The summed E-state index contributed by atoms with van der Waals surface area (Å²) in [5.74, 6) is 0.488. The highest BCUT2D eigenvalue weighted by molar-refractivity contribution is 5.95. The molecule has 116 valence electrons. The molecule has 1 aromatic carbocycles. The lowest BCUT2D eigenvalue weighted by Crippen LogP contribution is -2.36. The highest BCUT2D eigenvalue weighted by atomic mass is 16.5. The summed E-state index contributed by atoms with van der Waals surface area (Å²) in [6.07, 6.45) is 1.54. The van der Waals surface area contributed by atoms with E-state index in [0.717, 1.165) is 30.2 Å². The molecule has 3 rings (SSSR count). The van der Waals surface area contributed by atoms with E-state index in [-0.39, 0.29) is 12.3 Å². The number of hydrogen-bond acceptors (Lipinski definition) is 5. The van der Waals surface area contributed by atoms with Gasteiger partial charge in [0.05, 0.1) is 36.7 Å². The second-order valence-electron chi connectivity index (χ2n) is 5.20. The summed E-state index contributed by atoms with van der Waals surface area (Å²) in [4.78, 5) is 18.4. The topological polar surface area (TPSA) is 67.6 Å². The molecule has 6 heteroatoms. The zero-order valence-corrected chi connectivity index (χ0v) is 12.5. The van der Waals surface area contributed by atoms with Gasteiger partial charge in [0, 0.05) is 13.1 Å². The molecule has 22 heavy (non-hydrogen) atoms. The number of nitrogens with one attached hydrogen (secondary N) is 1. The number of ether oxygens (including phenoxy) is 1. The summed E-state index contributed by atoms with van der Waals surface area (Å²) in [5.41, 5.74) is 2.58. The molecule has 1 N–H and O–H groups in total. The lowest BCUT2D eigenvalue weighted by atomic mass is 10.2. The van der Waals surface area contributed by atoms with Crippen molar-refractivity contribution in [3.05, 3.63) is 42.1 Å². The Balaban J connectivity index is 1.71. The van der Waals surface area contributed by atoms with Gasteiger partial charge in [0.1, 0.15) is 5.76 Å². The number of anilines is 2. The molecular weight excluding hydrogens is 282 g/mol. The van der Waals surface area contributed by atoms with Gasteiger partial charge < -0.3 is 19.4 Å². The first-order valence-electron chi connectivity index (χ1n) is 7.34. The summed E-state index contributed by atoms with van der Waals surface area (Å²) in [6.45, 7) is 4.90. The van der Waals surface area contributed by atoms with Crippen molar-refractivity contribution >= 4 is 17.3 Å². The lowest BCUT2D eigenvalue weighted by molar-refractivity contribution is -0.115. The predicted octanol–water partition coefficient (Wildman–Crippen LogP) is 2.00. The van der Waals surface area contributed by atoms with Crippen molar-refractivity contribution in [3.63, 3.8) is 0 Å². The Labute approximate surface area is 129 Å². The van der Waals surface area contributed by atoms with Gasteiger partial charge in [0.15, 0.2) is 6.39 Å². The van der Waals surface area contributed by atoms with E-state index in [0.29, 0.717) is 19.0 Å². The summed E-state index contributed by atoms with van der Waals surface area (Å²) < 4.78 is 10.6. The molecule has 0 spiro atoms. The van der Waals surface area contributed by atoms with Gasteiger partial charge in [0.2, 0.25) is 5.91 Å². The first-order chi connectivity index (χ1) is 10.7. The van der Waals surface area contributed by atoms with Gasteiger partial charge in [-0.2, -0.15) is 0 Å². The van der Waals surface area contributed by atoms with Crippen LogP contribution in [0, 0.1) is 6.92 Å². The van der Waals surface area contributed by atoms with Crippen LogP contribution in [0.15, 0.2) is 35.1 Å². The molecule has 0 saturated carbocycles. The van der Waals surface area contributed by atoms with Crippen molar-refractivity contribution in [2.75, 3.05) is 36.5 Å². The molecule has 0 radical (unpaired) electrons. The third-order valence-corrected chi connectivity index (χ3v) is 3.70. The number of benzene rings is 1. The largest absolute Gasteiger partial charge is 0.448 e. The van der Waals surface area contributed by atoms with E-state index in [9.17, 15) is 4.79 Å². The Morgan fingerprint density at radius 1 is 1.32 bits per heavy atom. The number of aromatic nitrogens is 1. The van der Waals surface area contributed by atoms with Crippen LogP contribution in [0.1, 0.15) is 11.5 Å². The molecule has 0 aliphatic carbocycles. The van der Waals surface area contributed by atoms with Gasteiger partial charge >= 0.3 is 0 Å². The van der Waals surface area contributed by atoms with Crippen molar-refractivity contribution < 1.29 is 13.9 Å². The summed E-state index contributed by atoms with van der Waals surface area (Å²) >= 11 is 0. The van der Waals surface area contributed by atoms with Gasteiger partial charge in [-0.25, -0.2) is 4.98 Å². The molecule has 1 aromatic heterocycles. The Hall–Kier alpha value is -2.34. The first-order valence-corrected chi connectivity index (χ1v) is 7.34. The molecule has 1 aliphatic heterocycles. The van der Waals surface area contributed by atoms with E-state index in [1.807, 2.05) is 31.2 Å². The van der Waals surface area contributed by atoms with Crippen LogP contribution in [0.5, 0.6) is 0 Å². The lowest BCUT2D eigenvalue weighted by Gasteiger charge is -2.30. The molecule has 1 saturated heterocycles. The van der Waals surface area contributed by atoms with Crippen molar-refractivity contribution in [1.29, 1.82) is 0 Å². The number of hydrogen-bond donors (Lipinski definition) is 1. The smallest absolute Gasteiger partial charge is 0.232 e. The first kappa shape index (κ1) is 14.6. The fourth-order valence-electron chi connectivity index (χ4n) is 2.50. The van der Waals surface area contributed by atoms with E-state index in [2.05, 4.69) is 15.2 Å². The van der Waals surface area contributed by atoms with Crippen LogP contribution >= 0.6 is 0 Å². The molecule has 1 fully saturated rings. The standard InChI is InChI=1S/C16H19N3O3/c1-12-15(22-11-17-12)10-16(20)18-13-4-2-3-5-14(13)19-6-8-21-9-7-19/h2-5,11H,6-10H2,1H3,(H,18,20). The molecule has 1 aliphatic rings. The number of carbonyl (C=O) groups is 1. The van der Waals surface area contributed by atoms with Crippen molar-refractivity contribution in [1.82, 2.24) is 4.98 Å². The van der Waals surface area contributed by atoms with Gasteiger partial charge in [-0.1, -0.05) is 12.1 Å². The number of para-hydroxylation sites is 2. The zero-order chi connectivity index (χ0) is 15.4. The van der Waals surface area contributed by atoms with Crippen LogP contribution in [0.2, 0.25) is 0 Å². The van der Waals surface area contributed by atoms with Gasteiger partial charge in [-0.3, -0.25) is 4.79 Å². The van der Waals surface area contributed by atoms with Gasteiger partial charge in [0.25, 0.3) is 0 Å². The number of morpholine rings is 1. The van der Waals surface area contributed by atoms with E-state index in [1.165, 1.54) is 6.39 Å². The van der Waals surface area contributed by atoms with E-state index >= 15 is 0 Å². The minimum Gasteiger partial charge on any atom is -0.448 e. The maximum Gasteiger partial charge on any atom is 0.232 e. The van der Waals surface area contributed by atoms with Gasteiger partial charge in [-0.05, 0) is 19.1 Å². The number of rotatable bonds is 4. The molecule has 2 heterocycles. The van der Waals surface area contributed by atoms with Crippen LogP contribution in [-0.4, -0.2) is 37.2 Å². The molecule has 2 aromatic rings. The quantitative estimate of drug-likeness (QED) is 0.935. The number of aryl methyl sites for hydroxylation is 1. The Morgan fingerprint density at radius 3 is 2.82 bits per heavy atom. The van der Waals surface area contributed by atoms with Crippen LogP contribution < -0.4 is 10.2 Å². The minimum absolute atomic E-state index is 0.111. The fraction of sp³-hybridized carbons (Fsp3) is 0.375. The highest BCUT2D eigenvalue weighted by Gasteiger charge is 2.16. The van der Waals surface area contributed by atoms with Crippen LogP contribution in [-0.2, 0) is 16.0 Å². The number of nitrogens with zero attached hydrogens (tertiary/aromatic N) is 2. The Morgan fingerprint density at radius 2 is 2.09 bits per heavy atom. The molecule has 1 amide bonds. The Bertz CT molecular complexity index is 648. The molecule has 0 unspecified atom stereocenters. The monoisotopic (exact) mass is 301 g/mol. The molecule has 0 bridgehead atoms. The number of oxazole rings is 1. The number of carbonyl (C=O) groups excluding carboxylic acids is 1. The maximum absolute atomic E-state index is 12.2. The summed E-state index contributed by atoms with van der Waals surface area (Å²) in [6, 6.07) is 7.82. The summed E-state index contributed by atoms with van der Waals surface area (Å²) in [5, 5.41) is 2.96. The van der Waals surface area contributed by atoms with Crippen LogP contribution in [0.25, 0.3) is 0 Å². The van der Waals surface area contributed by atoms with E-state index in [4.69, 9.17) is 9.15 Å². The molecular formula is C16H19N3O3. The highest BCUT2D eigenvalue weighted by Crippen LogP contribution is 2.26.